The summed E-state index contributed by atoms with van der Waals surface area (Å²) in [5, 5.41) is 3.97. The van der Waals surface area contributed by atoms with Crippen LogP contribution in [0.4, 0.5) is 13.2 Å². The van der Waals surface area contributed by atoms with E-state index in [4.69, 9.17) is 0 Å². The zero-order valence-electron chi connectivity index (χ0n) is 15.3. The van der Waals surface area contributed by atoms with Crippen molar-refractivity contribution in [2.24, 2.45) is 0 Å². The Bertz CT molecular complexity index is 1010. The Morgan fingerprint density at radius 3 is 2.57 bits per heavy atom. The molecule has 5 nitrogen and oxygen atoms in total. The SMILES string of the molecule is CC1CCCCN1C(=O)c1cc2nc(-c3ccccc3)cc(C(F)(F)F)n2n1. The Kier molecular flexibility index (Phi) is 4.56. The standard InChI is InChI=1S/C20H19F3N4O/c1-13-7-5-6-10-26(13)19(28)16-12-18-24-15(14-8-3-2-4-9-14)11-17(20(21,22)23)27(18)25-16/h2-4,8-9,11-13H,5-7,10H2,1H3. The number of amides is 1. The van der Waals surface area contributed by atoms with Gasteiger partial charge in [0, 0.05) is 24.2 Å². The molecule has 1 atom stereocenters. The highest BCUT2D eigenvalue weighted by Crippen LogP contribution is 2.32. The van der Waals surface area contributed by atoms with Crippen LogP contribution in [0.5, 0.6) is 0 Å². The molecule has 1 saturated heterocycles. The number of carbonyl (C=O) groups excluding carboxylic acids is 1. The van der Waals surface area contributed by atoms with Crippen molar-refractivity contribution in [1.82, 2.24) is 19.5 Å². The highest BCUT2D eigenvalue weighted by Gasteiger charge is 2.36. The number of rotatable bonds is 2. The van der Waals surface area contributed by atoms with Gasteiger partial charge in [0.1, 0.15) is 0 Å². The van der Waals surface area contributed by atoms with E-state index in [1.807, 2.05) is 6.92 Å². The lowest BCUT2D eigenvalue weighted by atomic mass is 10.0. The summed E-state index contributed by atoms with van der Waals surface area (Å²) in [7, 11) is 0. The molecule has 146 valence electrons. The maximum Gasteiger partial charge on any atom is 0.433 e. The van der Waals surface area contributed by atoms with E-state index in [1.165, 1.54) is 6.07 Å². The zero-order valence-corrected chi connectivity index (χ0v) is 15.3. The van der Waals surface area contributed by atoms with E-state index >= 15 is 0 Å². The molecule has 0 saturated carbocycles. The highest BCUT2D eigenvalue weighted by atomic mass is 19.4. The topological polar surface area (TPSA) is 50.5 Å². The summed E-state index contributed by atoms with van der Waals surface area (Å²) in [5.41, 5.74) is -0.222. The van der Waals surface area contributed by atoms with Crippen molar-refractivity contribution in [2.45, 2.75) is 38.4 Å². The van der Waals surface area contributed by atoms with Gasteiger partial charge >= 0.3 is 6.18 Å². The van der Waals surface area contributed by atoms with Gasteiger partial charge in [0.25, 0.3) is 5.91 Å². The second kappa shape index (κ2) is 6.92. The molecule has 1 aromatic carbocycles. The number of likely N-dealkylation sites (tertiary alicyclic amines) is 1. The minimum Gasteiger partial charge on any atom is -0.335 e. The third-order valence-electron chi connectivity index (χ3n) is 5.07. The van der Waals surface area contributed by atoms with Crippen molar-refractivity contribution >= 4 is 11.6 Å². The van der Waals surface area contributed by atoms with Crippen molar-refractivity contribution in [3.05, 3.63) is 53.9 Å². The second-order valence-corrected chi connectivity index (χ2v) is 7.03. The molecule has 0 aliphatic carbocycles. The van der Waals surface area contributed by atoms with E-state index in [1.54, 1.807) is 35.2 Å². The van der Waals surface area contributed by atoms with Gasteiger partial charge in [-0.05, 0) is 32.3 Å². The molecule has 0 radical (unpaired) electrons. The average molecular weight is 388 g/mol. The Hall–Kier alpha value is -2.90. The van der Waals surface area contributed by atoms with E-state index in [0.717, 1.165) is 25.3 Å². The first-order valence-corrected chi connectivity index (χ1v) is 9.19. The Labute approximate surface area is 159 Å². The van der Waals surface area contributed by atoms with E-state index in [2.05, 4.69) is 10.1 Å². The van der Waals surface area contributed by atoms with Gasteiger partial charge in [-0.3, -0.25) is 4.79 Å². The van der Waals surface area contributed by atoms with Crippen molar-refractivity contribution in [3.8, 4) is 11.3 Å². The predicted octanol–water partition coefficient (Wildman–Crippen LogP) is 4.43. The van der Waals surface area contributed by atoms with Crippen molar-refractivity contribution in [2.75, 3.05) is 6.54 Å². The van der Waals surface area contributed by atoms with Crippen LogP contribution >= 0.6 is 0 Å². The quantitative estimate of drug-likeness (QED) is 0.653. The van der Waals surface area contributed by atoms with Crippen LogP contribution in [-0.2, 0) is 6.18 Å². The summed E-state index contributed by atoms with van der Waals surface area (Å²) in [6, 6.07) is 11.0. The number of alkyl halides is 3. The van der Waals surface area contributed by atoms with E-state index in [0.29, 0.717) is 16.6 Å². The number of halogens is 3. The lowest BCUT2D eigenvalue weighted by molar-refractivity contribution is -0.142. The molecule has 28 heavy (non-hydrogen) atoms. The number of aromatic nitrogens is 3. The minimum absolute atomic E-state index is 0.00157. The number of hydrogen-bond acceptors (Lipinski definition) is 3. The summed E-state index contributed by atoms with van der Waals surface area (Å²) in [4.78, 5) is 18.8. The highest BCUT2D eigenvalue weighted by molar-refractivity contribution is 5.93. The average Bonchev–Trinajstić information content (AvgIpc) is 3.11. The summed E-state index contributed by atoms with van der Waals surface area (Å²) in [6.07, 6.45) is -1.83. The fraction of sp³-hybridized carbons (Fsp3) is 0.350. The number of fused-ring (bicyclic) bond motifs is 1. The van der Waals surface area contributed by atoms with E-state index in [-0.39, 0.29) is 29.0 Å². The molecule has 0 N–H and O–H groups in total. The lowest BCUT2D eigenvalue weighted by Gasteiger charge is -2.32. The molecular formula is C20H19F3N4O. The molecule has 0 bridgehead atoms. The first kappa shape index (κ1) is 18.5. The fourth-order valence-corrected chi connectivity index (χ4v) is 3.58. The molecule has 8 heteroatoms. The molecule has 1 amide bonds. The monoisotopic (exact) mass is 388 g/mol. The number of nitrogens with zero attached hydrogens (tertiary/aromatic N) is 4. The lowest BCUT2D eigenvalue weighted by Crippen LogP contribution is -2.42. The van der Waals surface area contributed by atoms with Crippen LogP contribution in [0, 0.1) is 0 Å². The largest absolute Gasteiger partial charge is 0.433 e. The molecule has 3 aromatic rings. The van der Waals surface area contributed by atoms with Crippen molar-refractivity contribution in [1.29, 1.82) is 0 Å². The molecular weight excluding hydrogens is 369 g/mol. The minimum atomic E-state index is -4.63. The first-order valence-electron chi connectivity index (χ1n) is 9.19. The third kappa shape index (κ3) is 3.34. The predicted molar refractivity (Wildman–Crippen MR) is 97.8 cm³/mol. The molecule has 1 fully saturated rings. The van der Waals surface area contributed by atoms with Crippen LogP contribution in [0.2, 0.25) is 0 Å². The second-order valence-electron chi connectivity index (χ2n) is 7.03. The molecule has 3 heterocycles. The van der Waals surface area contributed by atoms with Gasteiger partial charge in [-0.2, -0.15) is 18.3 Å². The fourth-order valence-electron chi connectivity index (χ4n) is 3.58. The Balaban J connectivity index is 1.82. The van der Waals surface area contributed by atoms with Gasteiger partial charge in [0.05, 0.1) is 5.69 Å². The number of hydrogen-bond donors (Lipinski definition) is 0. The summed E-state index contributed by atoms with van der Waals surface area (Å²) in [6.45, 7) is 2.53. The molecule has 1 aliphatic heterocycles. The van der Waals surface area contributed by atoms with Gasteiger partial charge in [0.2, 0.25) is 0 Å². The molecule has 4 rings (SSSR count). The van der Waals surface area contributed by atoms with Crippen LogP contribution < -0.4 is 0 Å². The van der Waals surface area contributed by atoms with Crippen molar-refractivity contribution in [3.63, 3.8) is 0 Å². The maximum atomic E-state index is 13.7. The molecule has 1 aliphatic rings. The Morgan fingerprint density at radius 1 is 1.14 bits per heavy atom. The first-order chi connectivity index (χ1) is 13.3. The van der Waals surface area contributed by atoms with Crippen LogP contribution in [0.3, 0.4) is 0 Å². The van der Waals surface area contributed by atoms with Crippen molar-refractivity contribution < 1.29 is 18.0 Å². The van der Waals surface area contributed by atoms with Crippen LogP contribution in [0.25, 0.3) is 16.9 Å². The normalized spacial score (nSPS) is 17.9. The van der Waals surface area contributed by atoms with E-state index in [9.17, 15) is 18.0 Å². The van der Waals surface area contributed by atoms with Crippen LogP contribution in [0.1, 0.15) is 42.4 Å². The summed E-state index contributed by atoms with van der Waals surface area (Å²) >= 11 is 0. The summed E-state index contributed by atoms with van der Waals surface area (Å²) in [5.74, 6) is -0.355. The number of carbonyl (C=O) groups is 1. The molecule has 0 spiro atoms. The maximum absolute atomic E-state index is 13.7. The van der Waals surface area contributed by atoms with Gasteiger partial charge in [-0.1, -0.05) is 30.3 Å². The molecule has 1 unspecified atom stereocenters. The number of benzene rings is 1. The third-order valence-corrected chi connectivity index (χ3v) is 5.07. The van der Waals surface area contributed by atoms with Crippen LogP contribution in [-0.4, -0.2) is 38.0 Å². The number of piperidine rings is 1. The van der Waals surface area contributed by atoms with Gasteiger partial charge in [0.15, 0.2) is 17.0 Å². The van der Waals surface area contributed by atoms with Gasteiger partial charge < -0.3 is 4.90 Å². The van der Waals surface area contributed by atoms with Gasteiger partial charge in [-0.25, -0.2) is 9.50 Å². The Morgan fingerprint density at radius 2 is 1.89 bits per heavy atom. The molecule has 2 aromatic heterocycles. The smallest absolute Gasteiger partial charge is 0.335 e. The zero-order chi connectivity index (χ0) is 19.9. The van der Waals surface area contributed by atoms with Gasteiger partial charge in [-0.15, -0.1) is 0 Å². The van der Waals surface area contributed by atoms with E-state index < -0.39 is 11.9 Å². The van der Waals surface area contributed by atoms with Crippen LogP contribution in [0.15, 0.2) is 42.5 Å². The summed E-state index contributed by atoms with van der Waals surface area (Å²) < 4.78 is 41.7.